The average Bonchev–Trinajstić information content (AvgIpc) is 2.15. The van der Waals surface area contributed by atoms with Gasteiger partial charge >= 0.3 is 0 Å². The highest BCUT2D eigenvalue weighted by Gasteiger charge is 2.01. The first kappa shape index (κ1) is 14.2. The summed E-state index contributed by atoms with van der Waals surface area (Å²) in [6.07, 6.45) is 2.88. The summed E-state index contributed by atoms with van der Waals surface area (Å²) >= 11 is 0. The van der Waals surface area contributed by atoms with Gasteiger partial charge < -0.3 is 10.6 Å². The highest BCUT2D eigenvalue weighted by atomic mass is 32.2. The lowest BCUT2D eigenvalue weighted by Crippen LogP contribution is -2.38. The molecule has 0 aromatic heterocycles. The van der Waals surface area contributed by atoms with Crippen LogP contribution < -0.4 is 10.6 Å². The molecule has 0 aliphatic rings. The number of rotatable bonds is 6. The molecule has 0 rings (SSSR count). The Balaban J connectivity index is 3.65. The molecule has 0 aliphatic heterocycles. The molecule has 0 heterocycles. The molecule has 15 heavy (non-hydrogen) atoms. The Morgan fingerprint density at radius 1 is 1.27 bits per heavy atom. The van der Waals surface area contributed by atoms with Gasteiger partial charge in [0.25, 0.3) is 0 Å². The van der Waals surface area contributed by atoms with Crippen LogP contribution in [0.25, 0.3) is 0 Å². The van der Waals surface area contributed by atoms with E-state index >= 15 is 0 Å². The molecule has 0 aliphatic carbocycles. The fourth-order valence-corrected chi connectivity index (χ4v) is 1.67. The maximum atomic E-state index is 10.8. The minimum absolute atomic E-state index is 0.213. The molecule has 90 valence electrons. The van der Waals surface area contributed by atoms with Crippen LogP contribution in [0.5, 0.6) is 0 Å². The van der Waals surface area contributed by atoms with Crippen molar-refractivity contribution < 1.29 is 8.42 Å². The Morgan fingerprint density at radius 3 is 2.33 bits per heavy atom. The summed E-state index contributed by atoms with van der Waals surface area (Å²) in [7, 11) is -1.15. The quantitative estimate of drug-likeness (QED) is 0.386. The van der Waals surface area contributed by atoms with E-state index in [1.54, 1.807) is 7.05 Å². The summed E-state index contributed by atoms with van der Waals surface area (Å²) in [6.45, 7) is 3.56. The molecule has 5 nitrogen and oxygen atoms in total. The second kappa shape index (κ2) is 7.50. The van der Waals surface area contributed by atoms with Gasteiger partial charge in [0.15, 0.2) is 5.96 Å². The van der Waals surface area contributed by atoms with Crippen LogP contribution in [0.2, 0.25) is 0 Å². The van der Waals surface area contributed by atoms with E-state index in [1.165, 1.54) is 6.26 Å². The zero-order chi connectivity index (χ0) is 11.7. The van der Waals surface area contributed by atoms with Crippen LogP contribution in [-0.2, 0) is 9.84 Å². The van der Waals surface area contributed by atoms with Gasteiger partial charge in [-0.1, -0.05) is 6.92 Å². The molecule has 0 aromatic carbocycles. The summed E-state index contributed by atoms with van der Waals surface area (Å²) in [4.78, 5) is 4.00. The molecule has 0 saturated heterocycles. The molecule has 0 fully saturated rings. The Bertz CT molecular complexity index is 286. The van der Waals surface area contributed by atoms with Crippen molar-refractivity contribution in [3.63, 3.8) is 0 Å². The smallest absolute Gasteiger partial charge is 0.190 e. The Labute approximate surface area is 92.3 Å². The normalized spacial score (nSPS) is 12.6. The monoisotopic (exact) mass is 235 g/mol. The van der Waals surface area contributed by atoms with E-state index in [1.807, 2.05) is 0 Å². The second-order valence-electron chi connectivity index (χ2n) is 3.41. The van der Waals surface area contributed by atoms with Gasteiger partial charge in [0.2, 0.25) is 0 Å². The Hall–Kier alpha value is -0.780. The van der Waals surface area contributed by atoms with Crippen molar-refractivity contribution in [2.24, 2.45) is 4.99 Å². The van der Waals surface area contributed by atoms with Crippen LogP contribution in [0.1, 0.15) is 19.8 Å². The lowest BCUT2D eigenvalue weighted by Gasteiger charge is -2.10. The van der Waals surface area contributed by atoms with Gasteiger partial charge in [-0.2, -0.15) is 0 Å². The van der Waals surface area contributed by atoms with Gasteiger partial charge in [-0.25, -0.2) is 8.42 Å². The van der Waals surface area contributed by atoms with Gasteiger partial charge in [0.1, 0.15) is 9.84 Å². The summed E-state index contributed by atoms with van der Waals surface area (Å²) in [5, 5.41) is 6.16. The van der Waals surface area contributed by atoms with Crippen molar-refractivity contribution in [3.05, 3.63) is 0 Å². The minimum atomic E-state index is -2.85. The predicted octanol–water partition coefficient (Wildman–Crippen LogP) is -0.00390. The first-order chi connectivity index (χ1) is 6.99. The lowest BCUT2D eigenvalue weighted by molar-refractivity contribution is 0.598. The van der Waals surface area contributed by atoms with Gasteiger partial charge in [0.05, 0.1) is 5.75 Å². The van der Waals surface area contributed by atoms with Crippen molar-refractivity contribution in [2.45, 2.75) is 19.8 Å². The first-order valence-corrected chi connectivity index (χ1v) is 7.18. The maximum absolute atomic E-state index is 10.8. The fraction of sp³-hybridized carbons (Fsp3) is 0.889. The van der Waals surface area contributed by atoms with Gasteiger partial charge in [0, 0.05) is 26.4 Å². The molecule has 0 spiro atoms. The van der Waals surface area contributed by atoms with Crippen LogP contribution in [0, 0.1) is 0 Å². The van der Waals surface area contributed by atoms with Crippen LogP contribution in [0.4, 0.5) is 0 Å². The number of guanidine groups is 1. The molecule has 6 heteroatoms. The molecule has 0 amide bonds. The van der Waals surface area contributed by atoms with Crippen LogP contribution in [0.15, 0.2) is 4.99 Å². The third-order valence-corrected chi connectivity index (χ3v) is 2.78. The van der Waals surface area contributed by atoms with Crippen molar-refractivity contribution in [3.8, 4) is 0 Å². The summed E-state index contributed by atoms with van der Waals surface area (Å²) in [6, 6.07) is 0. The zero-order valence-electron chi connectivity index (χ0n) is 9.71. The third-order valence-electron chi connectivity index (χ3n) is 1.75. The molecule has 0 bridgehead atoms. The van der Waals surface area contributed by atoms with Crippen LogP contribution >= 0.6 is 0 Å². The van der Waals surface area contributed by atoms with Gasteiger partial charge in [-0.15, -0.1) is 0 Å². The topological polar surface area (TPSA) is 70.6 Å². The molecule has 0 saturated carbocycles. The van der Waals surface area contributed by atoms with E-state index in [0.717, 1.165) is 18.9 Å². The maximum Gasteiger partial charge on any atom is 0.190 e. The number of hydrogen-bond acceptors (Lipinski definition) is 3. The highest BCUT2D eigenvalue weighted by Crippen LogP contribution is 1.86. The van der Waals surface area contributed by atoms with Crippen LogP contribution in [0.3, 0.4) is 0 Å². The number of nitrogens with zero attached hydrogens (tertiary/aromatic N) is 1. The van der Waals surface area contributed by atoms with Crippen molar-refractivity contribution in [1.29, 1.82) is 0 Å². The molecule has 0 radical (unpaired) electrons. The summed E-state index contributed by atoms with van der Waals surface area (Å²) in [5.41, 5.74) is 0. The van der Waals surface area contributed by atoms with Crippen molar-refractivity contribution >= 4 is 15.8 Å². The van der Waals surface area contributed by atoms with E-state index in [4.69, 9.17) is 0 Å². The van der Waals surface area contributed by atoms with E-state index in [9.17, 15) is 8.42 Å². The molecule has 0 unspecified atom stereocenters. The molecule has 0 atom stereocenters. The number of nitrogens with one attached hydrogen (secondary N) is 2. The molecular formula is C9H21N3O2S. The largest absolute Gasteiger partial charge is 0.356 e. The van der Waals surface area contributed by atoms with E-state index in [2.05, 4.69) is 22.5 Å². The third kappa shape index (κ3) is 9.52. The zero-order valence-corrected chi connectivity index (χ0v) is 10.5. The summed E-state index contributed by atoms with van der Waals surface area (Å²) in [5.74, 6) is 0.940. The Morgan fingerprint density at radius 2 is 1.87 bits per heavy atom. The second-order valence-corrected chi connectivity index (χ2v) is 5.67. The number of sulfone groups is 1. The van der Waals surface area contributed by atoms with E-state index < -0.39 is 9.84 Å². The lowest BCUT2D eigenvalue weighted by atomic mass is 10.4. The fourth-order valence-electron chi connectivity index (χ4n) is 1.01. The van der Waals surface area contributed by atoms with Gasteiger partial charge in [-0.3, -0.25) is 4.99 Å². The summed E-state index contributed by atoms with van der Waals surface area (Å²) < 4.78 is 21.7. The van der Waals surface area contributed by atoms with Crippen molar-refractivity contribution in [1.82, 2.24) is 10.6 Å². The average molecular weight is 235 g/mol. The van der Waals surface area contributed by atoms with Gasteiger partial charge in [-0.05, 0) is 12.8 Å². The Kier molecular flexibility index (Phi) is 7.11. The van der Waals surface area contributed by atoms with E-state index in [-0.39, 0.29) is 5.75 Å². The van der Waals surface area contributed by atoms with Crippen LogP contribution in [-0.4, -0.2) is 46.5 Å². The standard InChI is InChI=1S/C9H21N3O2S/c1-4-6-11-9(10-2)12-7-5-8-15(3,13)14/h4-8H2,1-3H3,(H2,10,11,12). The molecule has 0 aromatic rings. The van der Waals surface area contributed by atoms with Crippen molar-refractivity contribution in [2.75, 3.05) is 32.1 Å². The SMILES string of the molecule is CCCNC(=NC)NCCCS(C)(=O)=O. The molecule has 2 N–H and O–H groups in total. The minimum Gasteiger partial charge on any atom is -0.356 e. The van der Waals surface area contributed by atoms with E-state index in [0.29, 0.717) is 13.0 Å². The predicted molar refractivity (Wildman–Crippen MR) is 64.0 cm³/mol. The molecular weight excluding hydrogens is 214 g/mol. The number of hydrogen-bond donors (Lipinski definition) is 2. The number of aliphatic imine (C=N–C) groups is 1. The highest BCUT2D eigenvalue weighted by molar-refractivity contribution is 7.90. The first-order valence-electron chi connectivity index (χ1n) is 5.12.